The van der Waals surface area contributed by atoms with Crippen molar-refractivity contribution in [3.63, 3.8) is 0 Å². The fourth-order valence-corrected chi connectivity index (χ4v) is 8.31. The quantitative estimate of drug-likeness (QED) is 0.0272. The molecule has 0 aromatic carbocycles. The normalized spacial score (nSPS) is 14.9. The average Bonchev–Trinajstić information content (AvgIpc) is 3.35. The smallest absolute Gasteiger partial charge is 0.268 e. The van der Waals surface area contributed by atoms with Crippen LogP contribution in [0.2, 0.25) is 0 Å². The van der Waals surface area contributed by atoms with Gasteiger partial charge >= 0.3 is 0 Å². The molecule has 0 bridgehead atoms. The van der Waals surface area contributed by atoms with Crippen LogP contribution in [0.25, 0.3) is 0 Å². The Labute approximate surface area is 449 Å². The molecule has 0 heterocycles. The van der Waals surface area contributed by atoms with Crippen LogP contribution in [-0.2, 0) is 18.4 Å². The third kappa shape index (κ3) is 56.2. The van der Waals surface area contributed by atoms with Gasteiger partial charge in [0, 0.05) is 6.42 Å². The lowest BCUT2D eigenvalue weighted by Crippen LogP contribution is -2.45. The fraction of sp³-hybridized carbons (Fsp3) is 0.641. The molecule has 0 radical (unpaired) electrons. The monoisotopic (exact) mass is 1030 g/mol. The number of rotatable bonds is 51. The molecule has 0 rings (SSSR count). The Bertz CT molecular complexity index is 1640. The number of quaternary nitrogens is 1. The highest BCUT2D eigenvalue weighted by atomic mass is 31.2. The number of carbonyl (C=O) groups is 1. The van der Waals surface area contributed by atoms with Crippen LogP contribution in [0.3, 0.4) is 0 Å². The van der Waals surface area contributed by atoms with Crippen LogP contribution in [0, 0.1) is 0 Å². The van der Waals surface area contributed by atoms with E-state index < -0.39 is 26.6 Å². The van der Waals surface area contributed by atoms with Crippen molar-refractivity contribution in [1.29, 1.82) is 0 Å². The molecule has 0 saturated heterocycles. The number of likely N-dealkylation sites (N-methyl/N-ethyl adjacent to an activating group) is 1. The molecule has 73 heavy (non-hydrogen) atoms. The average molecular weight is 1030 g/mol. The SMILES string of the molecule is CC/C=C\C/C=C\C/C=C\C/C=C\C/C=C\C/C=C\C/C=C\C/C=C\C/C=C\C/C=C\CCCCCCCCC(=O)NC(COP(=O)([O-])OCC[N+](C)(C)C)C(O)/C=C/CCCCCCCCCCCCCC. The third-order valence-corrected chi connectivity index (χ3v) is 13.1. The number of phosphoric acid groups is 1. The lowest BCUT2D eigenvalue weighted by Gasteiger charge is -2.29. The van der Waals surface area contributed by atoms with Gasteiger partial charge in [-0.1, -0.05) is 244 Å². The number of carbonyl (C=O) groups excluding carboxylic acids is 1. The standard InChI is InChI=1S/C64H109N2O6P/c1-6-8-10-12-14-16-18-20-22-23-24-25-26-27-28-29-30-31-32-33-34-35-36-37-38-39-40-41-42-43-44-46-48-50-52-54-56-58-64(68)65-62(61-72-73(69,70)71-60-59-66(3,4)5)63(67)57-55-53-51-49-47-45-21-19-17-15-13-11-9-7-2/h8,10,14,16,20,22,24-25,27-28,30-31,33-34,36-37,39-40,42-43,55,57,62-63,67H,6-7,9,11-13,15,17-19,21,23,26,29,32,35,38,41,44-54,56,58-61H2,1-5H3,(H-,65,68,69,70)/b10-8-,16-14-,22-20-,25-24-,28-27-,31-30-,34-33-,37-36-,40-39-,43-42-,57-55+. The summed E-state index contributed by atoms with van der Waals surface area (Å²) in [4.78, 5) is 25.5. The van der Waals surface area contributed by atoms with E-state index in [0.717, 1.165) is 128 Å². The molecule has 0 spiro atoms. The number of amides is 1. The fourth-order valence-electron chi connectivity index (χ4n) is 7.59. The summed E-state index contributed by atoms with van der Waals surface area (Å²) in [5, 5.41) is 13.8. The first-order chi connectivity index (χ1) is 35.5. The van der Waals surface area contributed by atoms with E-state index in [9.17, 15) is 19.4 Å². The Kier molecular flexibility index (Phi) is 51.0. The Balaban J connectivity index is 4.21. The van der Waals surface area contributed by atoms with Crippen molar-refractivity contribution in [3.05, 3.63) is 134 Å². The molecular formula is C64H109N2O6P. The minimum absolute atomic E-state index is 0.0110. The molecule has 3 unspecified atom stereocenters. The molecule has 416 valence electrons. The molecular weight excluding hydrogens is 924 g/mol. The molecule has 8 nitrogen and oxygen atoms in total. The zero-order valence-electron chi connectivity index (χ0n) is 47.3. The van der Waals surface area contributed by atoms with Crippen molar-refractivity contribution in [2.45, 2.75) is 225 Å². The van der Waals surface area contributed by atoms with Gasteiger partial charge in [-0.25, -0.2) is 0 Å². The Hall–Kier alpha value is -3.36. The lowest BCUT2D eigenvalue weighted by atomic mass is 10.0. The molecule has 0 aliphatic rings. The summed E-state index contributed by atoms with van der Waals surface area (Å²) in [7, 11) is 1.23. The van der Waals surface area contributed by atoms with E-state index in [-0.39, 0.29) is 12.5 Å². The highest BCUT2D eigenvalue weighted by Gasteiger charge is 2.23. The van der Waals surface area contributed by atoms with Gasteiger partial charge < -0.3 is 28.8 Å². The second-order valence-electron chi connectivity index (χ2n) is 20.3. The zero-order valence-corrected chi connectivity index (χ0v) is 48.2. The van der Waals surface area contributed by atoms with Crippen LogP contribution in [0.1, 0.15) is 213 Å². The van der Waals surface area contributed by atoms with Crippen LogP contribution in [-0.4, -0.2) is 68.5 Å². The maximum absolute atomic E-state index is 12.9. The molecule has 1 amide bonds. The summed E-state index contributed by atoms with van der Waals surface area (Å²) >= 11 is 0. The Morgan fingerprint density at radius 3 is 1.22 bits per heavy atom. The van der Waals surface area contributed by atoms with Crippen molar-refractivity contribution in [2.75, 3.05) is 40.9 Å². The maximum Gasteiger partial charge on any atom is 0.268 e. The van der Waals surface area contributed by atoms with Crippen LogP contribution in [0.5, 0.6) is 0 Å². The van der Waals surface area contributed by atoms with Crippen LogP contribution >= 0.6 is 7.82 Å². The van der Waals surface area contributed by atoms with E-state index >= 15 is 0 Å². The molecule has 0 aliphatic heterocycles. The predicted molar refractivity (Wildman–Crippen MR) is 315 cm³/mol. The highest BCUT2D eigenvalue weighted by molar-refractivity contribution is 7.45. The van der Waals surface area contributed by atoms with Crippen LogP contribution in [0.4, 0.5) is 0 Å². The summed E-state index contributed by atoms with van der Waals surface area (Å²) < 4.78 is 23.3. The predicted octanol–water partition coefficient (Wildman–Crippen LogP) is 17.3. The lowest BCUT2D eigenvalue weighted by molar-refractivity contribution is -0.870. The molecule has 2 N–H and O–H groups in total. The number of allylic oxidation sites excluding steroid dienone is 21. The molecule has 0 aromatic rings. The first kappa shape index (κ1) is 69.6. The second-order valence-corrected chi connectivity index (χ2v) is 21.7. The van der Waals surface area contributed by atoms with Gasteiger partial charge in [0.1, 0.15) is 13.2 Å². The van der Waals surface area contributed by atoms with E-state index in [1.165, 1.54) is 64.2 Å². The summed E-state index contributed by atoms with van der Waals surface area (Å²) in [5.74, 6) is -0.218. The molecule has 0 aliphatic carbocycles. The van der Waals surface area contributed by atoms with E-state index in [2.05, 4.69) is 141 Å². The van der Waals surface area contributed by atoms with E-state index in [0.29, 0.717) is 17.4 Å². The van der Waals surface area contributed by atoms with Gasteiger partial charge in [-0.15, -0.1) is 0 Å². The number of nitrogens with zero attached hydrogens (tertiary/aromatic N) is 1. The number of unbranched alkanes of at least 4 members (excludes halogenated alkanes) is 18. The topological polar surface area (TPSA) is 108 Å². The van der Waals surface area contributed by atoms with Gasteiger partial charge in [0.2, 0.25) is 5.91 Å². The molecule has 0 aromatic heterocycles. The summed E-state index contributed by atoms with van der Waals surface area (Å²) in [6.07, 6.45) is 80.9. The van der Waals surface area contributed by atoms with Crippen molar-refractivity contribution in [2.24, 2.45) is 0 Å². The van der Waals surface area contributed by atoms with Gasteiger partial charge in [0.05, 0.1) is 39.9 Å². The second kappa shape index (κ2) is 53.5. The molecule has 3 atom stereocenters. The number of aliphatic hydroxyl groups is 1. The number of hydrogen-bond acceptors (Lipinski definition) is 6. The Morgan fingerprint density at radius 2 is 0.836 bits per heavy atom. The molecule has 9 heteroatoms. The number of nitrogens with one attached hydrogen (secondary N) is 1. The summed E-state index contributed by atoms with van der Waals surface area (Å²) in [5.41, 5.74) is 0. The van der Waals surface area contributed by atoms with Gasteiger partial charge in [-0.3, -0.25) is 9.36 Å². The highest BCUT2D eigenvalue weighted by Crippen LogP contribution is 2.38. The van der Waals surface area contributed by atoms with Gasteiger partial charge in [-0.05, 0) is 96.3 Å². The molecule has 0 saturated carbocycles. The van der Waals surface area contributed by atoms with E-state index in [1.54, 1.807) is 6.08 Å². The minimum atomic E-state index is -4.61. The first-order valence-corrected chi connectivity index (χ1v) is 30.5. The van der Waals surface area contributed by atoms with Crippen molar-refractivity contribution >= 4 is 13.7 Å². The maximum atomic E-state index is 12.9. The van der Waals surface area contributed by atoms with Crippen LogP contribution < -0.4 is 10.2 Å². The summed E-state index contributed by atoms with van der Waals surface area (Å²) in [6, 6.07) is -0.904. The van der Waals surface area contributed by atoms with Crippen LogP contribution in [0.15, 0.2) is 134 Å². The van der Waals surface area contributed by atoms with Gasteiger partial charge in [-0.2, -0.15) is 0 Å². The number of aliphatic hydroxyl groups excluding tert-OH is 1. The van der Waals surface area contributed by atoms with Crippen molar-refractivity contribution in [3.8, 4) is 0 Å². The van der Waals surface area contributed by atoms with Crippen molar-refractivity contribution in [1.82, 2.24) is 5.32 Å². The van der Waals surface area contributed by atoms with Gasteiger partial charge in [0.25, 0.3) is 7.82 Å². The largest absolute Gasteiger partial charge is 0.756 e. The minimum Gasteiger partial charge on any atom is -0.756 e. The first-order valence-electron chi connectivity index (χ1n) is 29.0. The van der Waals surface area contributed by atoms with Gasteiger partial charge in [0.15, 0.2) is 0 Å². The molecule has 0 fully saturated rings. The summed E-state index contributed by atoms with van der Waals surface area (Å²) in [6.45, 7) is 4.50. The van der Waals surface area contributed by atoms with Crippen molar-refractivity contribution < 1.29 is 32.9 Å². The Morgan fingerprint density at radius 1 is 0.493 bits per heavy atom. The third-order valence-electron chi connectivity index (χ3n) is 12.1. The number of hydrogen-bond donors (Lipinski definition) is 2. The number of phosphoric ester groups is 1. The van der Waals surface area contributed by atoms with E-state index in [1.807, 2.05) is 27.2 Å². The zero-order chi connectivity index (χ0) is 53.5. The van der Waals surface area contributed by atoms with E-state index in [4.69, 9.17) is 9.05 Å².